The van der Waals surface area contributed by atoms with Crippen LogP contribution in [0.15, 0.2) is 48.5 Å². The molecule has 2 aromatic rings. The number of anilines is 1. The second-order valence-electron chi connectivity index (χ2n) is 5.11. The van der Waals surface area contributed by atoms with Gasteiger partial charge < -0.3 is 10.0 Å². The summed E-state index contributed by atoms with van der Waals surface area (Å²) in [4.78, 5) is 2.19. The van der Waals surface area contributed by atoms with Crippen molar-refractivity contribution < 1.29 is 5.11 Å². The van der Waals surface area contributed by atoms with Gasteiger partial charge in [-0.25, -0.2) is 0 Å². The van der Waals surface area contributed by atoms with Crippen LogP contribution in [0.3, 0.4) is 0 Å². The maximum Gasteiger partial charge on any atom is 0.0761 e. The molecule has 2 aromatic carbocycles. The van der Waals surface area contributed by atoms with Gasteiger partial charge in [-0.3, -0.25) is 0 Å². The molecule has 2 atom stereocenters. The molecule has 0 fully saturated rings. The Labute approximate surface area is 125 Å². The average molecular weight is 290 g/mol. The summed E-state index contributed by atoms with van der Waals surface area (Å²) in [6.45, 7) is 3.92. The summed E-state index contributed by atoms with van der Waals surface area (Å²) in [6.07, 6.45) is -0.431. The van der Waals surface area contributed by atoms with E-state index in [1.165, 1.54) is 5.56 Å². The molecule has 0 amide bonds. The van der Waals surface area contributed by atoms with E-state index < -0.39 is 6.10 Å². The van der Waals surface area contributed by atoms with E-state index in [-0.39, 0.29) is 6.04 Å². The van der Waals surface area contributed by atoms with Crippen LogP contribution in [0, 0.1) is 0 Å². The number of hydrogen-bond donors (Lipinski definition) is 1. The van der Waals surface area contributed by atoms with Gasteiger partial charge >= 0.3 is 0 Å². The summed E-state index contributed by atoms with van der Waals surface area (Å²) >= 11 is 6.05. The van der Waals surface area contributed by atoms with Gasteiger partial charge in [-0.1, -0.05) is 35.9 Å². The second-order valence-corrected chi connectivity index (χ2v) is 5.55. The molecule has 1 N–H and O–H groups in total. The van der Waals surface area contributed by atoms with Crippen molar-refractivity contribution in [3.63, 3.8) is 0 Å². The third-order valence-corrected chi connectivity index (χ3v) is 3.93. The molecule has 0 heterocycles. The lowest BCUT2D eigenvalue weighted by atomic mass is 10.1. The third-order valence-electron chi connectivity index (χ3n) is 3.69. The Bertz CT molecular complexity index is 565. The second kappa shape index (κ2) is 6.29. The van der Waals surface area contributed by atoms with Crippen molar-refractivity contribution in [2.45, 2.75) is 26.0 Å². The van der Waals surface area contributed by atoms with Crippen molar-refractivity contribution >= 4 is 17.3 Å². The fourth-order valence-electron chi connectivity index (χ4n) is 2.20. The average Bonchev–Trinajstić information content (AvgIpc) is 2.46. The zero-order valence-electron chi connectivity index (χ0n) is 12.0. The lowest BCUT2D eigenvalue weighted by molar-refractivity contribution is 0.199. The Morgan fingerprint density at radius 1 is 1.00 bits per heavy atom. The standard InChI is InChI=1S/C17H20ClNO/c1-12(15-5-4-6-16(18)11-15)19(3)17-9-7-14(8-10-17)13(2)20/h4-13,20H,1-3H3/t12?,13-/m0/s1. The largest absolute Gasteiger partial charge is 0.389 e. The predicted molar refractivity (Wildman–Crippen MR) is 85.3 cm³/mol. The van der Waals surface area contributed by atoms with E-state index in [9.17, 15) is 5.11 Å². The molecule has 1 unspecified atom stereocenters. The fourth-order valence-corrected chi connectivity index (χ4v) is 2.40. The van der Waals surface area contributed by atoms with Crippen molar-refractivity contribution in [1.82, 2.24) is 0 Å². The molecular weight excluding hydrogens is 270 g/mol. The maximum atomic E-state index is 9.54. The zero-order valence-corrected chi connectivity index (χ0v) is 12.8. The number of nitrogens with zero attached hydrogens (tertiary/aromatic N) is 1. The minimum absolute atomic E-state index is 0.228. The van der Waals surface area contributed by atoms with Gasteiger partial charge in [0, 0.05) is 17.8 Å². The number of benzene rings is 2. The van der Waals surface area contributed by atoms with E-state index in [1.807, 2.05) is 42.5 Å². The lowest BCUT2D eigenvalue weighted by Gasteiger charge is -2.28. The number of aliphatic hydroxyl groups excluding tert-OH is 1. The van der Waals surface area contributed by atoms with Gasteiger partial charge in [0.2, 0.25) is 0 Å². The van der Waals surface area contributed by atoms with Crippen molar-refractivity contribution in [3.8, 4) is 0 Å². The van der Waals surface area contributed by atoms with Crippen molar-refractivity contribution in [1.29, 1.82) is 0 Å². The predicted octanol–water partition coefficient (Wildman–Crippen LogP) is 4.59. The quantitative estimate of drug-likeness (QED) is 0.890. The molecule has 0 saturated carbocycles. The third kappa shape index (κ3) is 3.33. The van der Waals surface area contributed by atoms with Crippen LogP contribution in [0.1, 0.15) is 37.1 Å². The summed E-state index contributed by atoms with van der Waals surface area (Å²) < 4.78 is 0. The maximum absolute atomic E-state index is 9.54. The fraction of sp³-hybridized carbons (Fsp3) is 0.294. The van der Waals surface area contributed by atoms with Crippen LogP contribution >= 0.6 is 11.6 Å². The van der Waals surface area contributed by atoms with Gasteiger partial charge in [-0.2, -0.15) is 0 Å². The van der Waals surface area contributed by atoms with Gasteiger partial charge in [0.1, 0.15) is 0 Å². The molecule has 0 spiro atoms. The van der Waals surface area contributed by atoms with Crippen LogP contribution in [0.25, 0.3) is 0 Å². The van der Waals surface area contributed by atoms with E-state index >= 15 is 0 Å². The number of rotatable bonds is 4. The van der Waals surface area contributed by atoms with Gasteiger partial charge in [0.05, 0.1) is 12.1 Å². The van der Waals surface area contributed by atoms with E-state index in [2.05, 4.69) is 24.9 Å². The van der Waals surface area contributed by atoms with Crippen LogP contribution in [0.2, 0.25) is 5.02 Å². The molecule has 0 radical (unpaired) electrons. The minimum atomic E-state index is -0.431. The van der Waals surface area contributed by atoms with Crippen molar-refractivity contribution in [3.05, 3.63) is 64.7 Å². The Balaban J connectivity index is 2.20. The van der Waals surface area contributed by atoms with Crippen molar-refractivity contribution in [2.24, 2.45) is 0 Å². The highest BCUT2D eigenvalue weighted by molar-refractivity contribution is 6.30. The highest BCUT2D eigenvalue weighted by Gasteiger charge is 2.13. The van der Waals surface area contributed by atoms with Crippen LogP contribution in [0.5, 0.6) is 0 Å². The number of hydrogen-bond acceptors (Lipinski definition) is 2. The summed E-state index contributed by atoms with van der Waals surface area (Å²) in [7, 11) is 2.06. The molecule has 0 saturated heterocycles. The smallest absolute Gasteiger partial charge is 0.0761 e. The van der Waals surface area contributed by atoms with E-state index in [4.69, 9.17) is 11.6 Å². The molecule has 20 heavy (non-hydrogen) atoms. The summed E-state index contributed by atoms with van der Waals surface area (Å²) in [6, 6.07) is 16.1. The molecular formula is C17H20ClNO. The zero-order chi connectivity index (χ0) is 14.7. The van der Waals surface area contributed by atoms with Gasteiger partial charge in [0.15, 0.2) is 0 Å². The Hall–Kier alpha value is -1.51. The molecule has 0 aromatic heterocycles. The van der Waals surface area contributed by atoms with Crippen LogP contribution in [-0.2, 0) is 0 Å². The summed E-state index contributed by atoms with van der Waals surface area (Å²) in [5, 5.41) is 10.3. The monoisotopic (exact) mass is 289 g/mol. The summed E-state index contributed by atoms with van der Waals surface area (Å²) in [5.74, 6) is 0. The molecule has 0 aliphatic rings. The topological polar surface area (TPSA) is 23.5 Å². The van der Waals surface area contributed by atoms with Crippen LogP contribution < -0.4 is 4.90 Å². The first-order valence-electron chi connectivity index (χ1n) is 6.75. The molecule has 2 rings (SSSR count). The summed E-state index contributed by atoms with van der Waals surface area (Å²) in [5.41, 5.74) is 3.22. The Morgan fingerprint density at radius 3 is 2.20 bits per heavy atom. The molecule has 0 aliphatic carbocycles. The lowest BCUT2D eigenvalue weighted by Crippen LogP contribution is -2.21. The SMILES string of the molecule is CC(c1cccc(Cl)c1)N(C)c1ccc([C@H](C)O)cc1. The van der Waals surface area contributed by atoms with Crippen molar-refractivity contribution in [2.75, 3.05) is 11.9 Å². The highest BCUT2D eigenvalue weighted by atomic mass is 35.5. The molecule has 2 nitrogen and oxygen atoms in total. The Kier molecular flexibility index (Phi) is 4.69. The minimum Gasteiger partial charge on any atom is -0.389 e. The first-order valence-corrected chi connectivity index (χ1v) is 7.13. The molecule has 106 valence electrons. The first kappa shape index (κ1) is 14.9. The molecule has 0 bridgehead atoms. The number of aliphatic hydroxyl groups is 1. The van der Waals surface area contributed by atoms with Gasteiger partial charge in [-0.05, 0) is 49.2 Å². The Morgan fingerprint density at radius 2 is 1.65 bits per heavy atom. The van der Waals surface area contributed by atoms with Gasteiger partial charge in [0.25, 0.3) is 0 Å². The van der Waals surface area contributed by atoms with E-state index in [1.54, 1.807) is 6.92 Å². The highest BCUT2D eigenvalue weighted by Crippen LogP contribution is 2.27. The van der Waals surface area contributed by atoms with Crippen LogP contribution in [0.4, 0.5) is 5.69 Å². The molecule has 0 aliphatic heterocycles. The van der Waals surface area contributed by atoms with Crippen LogP contribution in [-0.4, -0.2) is 12.2 Å². The van der Waals surface area contributed by atoms with Gasteiger partial charge in [-0.15, -0.1) is 0 Å². The van der Waals surface area contributed by atoms with E-state index in [0.717, 1.165) is 16.3 Å². The van der Waals surface area contributed by atoms with E-state index in [0.29, 0.717) is 0 Å². The first-order chi connectivity index (χ1) is 9.49. The number of halogens is 1. The molecule has 3 heteroatoms. The normalized spacial score (nSPS) is 13.8.